The number of pyridine rings is 2. The Morgan fingerprint density at radius 2 is 1.21 bits per heavy atom. The maximum atomic E-state index is 11.9. The number of halogens is 1. The molecule has 0 bridgehead atoms. The molecule has 2 fully saturated rings. The van der Waals surface area contributed by atoms with Crippen LogP contribution in [0.2, 0.25) is 5.15 Å². The summed E-state index contributed by atoms with van der Waals surface area (Å²) in [6, 6.07) is 3.94. The van der Waals surface area contributed by atoms with E-state index in [1.54, 1.807) is 38.0 Å². The molecule has 0 saturated carbocycles. The van der Waals surface area contributed by atoms with Crippen molar-refractivity contribution in [3.63, 3.8) is 0 Å². The van der Waals surface area contributed by atoms with Crippen LogP contribution in [-0.2, 0) is 9.47 Å². The second-order valence-corrected chi connectivity index (χ2v) is 14.7. The first-order valence-corrected chi connectivity index (χ1v) is 17.9. The van der Waals surface area contributed by atoms with E-state index in [0.29, 0.717) is 27.9 Å². The molecule has 2 aliphatic rings. The van der Waals surface area contributed by atoms with Gasteiger partial charge in [0.1, 0.15) is 22.2 Å². The molecule has 0 radical (unpaired) electrons. The van der Waals surface area contributed by atoms with Crippen LogP contribution in [0.3, 0.4) is 0 Å². The van der Waals surface area contributed by atoms with Gasteiger partial charge in [0.25, 0.3) is 0 Å². The summed E-state index contributed by atoms with van der Waals surface area (Å²) in [6.45, 7) is 14.7. The summed E-state index contributed by atoms with van der Waals surface area (Å²) >= 11 is 5.82. The largest absolute Gasteiger partial charge is 0.480 e. The summed E-state index contributed by atoms with van der Waals surface area (Å²) in [5, 5.41) is 9.40. The summed E-state index contributed by atoms with van der Waals surface area (Å²) in [5.74, 6) is 1.69. The number of carbonyl (C=O) groups is 2. The molecular weight excluding hydrogens is 704 g/mol. The van der Waals surface area contributed by atoms with E-state index in [2.05, 4.69) is 50.8 Å². The van der Waals surface area contributed by atoms with E-state index < -0.39 is 11.2 Å². The average Bonchev–Trinajstić information content (AvgIpc) is 3.11. The number of carbonyl (C=O) groups excluding carboxylic acids is 2. The molecule has 4 aromatic rings. The molecular formula is C36H51ClN10O6. The summed E-state index contributed by atoms with van der Waals surface area (Å²) in [4.78, 5) is 50.9. The van der Waals surface area contributed by atoms with Crippen LogP contribution in [0, 0.1) is 0 Å². The first kappa shape index (κ1) is 40.9. The Bertz CT molecular complexity index is 1810. The third-order valence-electron chi connectivity index (χ3n) is 7.81. The smallest absolute Gasteiger partial charge is 0.407 e. The standard InChI is InChI=1S/C18H25N5O3.C10H20N2O2.C8H6ClN3O/c1-18(2,3)26-17(24)21-12-6-9-23(10-7-12)16-15-13(5-8-19-16)20-11-14(22-15)25-4;1-10(2,3)14-9(13)12-8-4-6-11-7-5-8;1-13-6-4-11-5-2-3-10-8(9)7(5)12-6/h5,8,11-12H,6-7,9-10H2,1-4H3,(H,21,24);8,11H,4-7H2,1-3H3,(H,12,13);2-4H,1H3. The fourth-order valence-electron chi connectivity index (χ4n) is 5.38. The average molecular weight is 755 g/mol. The number of aromatic nitrogens is 6. The monoisotopic (exact) mass is 754 g/mol. The normalized spacial score (nSPS) is 15.3. The van der Waals surface area contributed by atoms with E-state index >= 15 is 0 Å². The second kappa shape index (κ2) is 18.8. The lowest BCUT2D eigenvalue weighted by atomic mass is 10.1. The van der Waals surface area contributed by atoms with Gasteiger partial charge in [-0.05, 0) is 92.4 Å². The Balaban J connectivity index is 0.000000196. The molecule has 0 unspecified atom stereocenters. The molecule has 288 valence electrons. The Morgan fingerprint density at radius 3 is 1.72 bits per heavy atom. The third kappa shape index (κ3) is 13.3. The SMILES string of the molecule is CC(C)(C)OC(=O)NC1CCNCC1.COc1cnc2ccnc(Cl)c2n1.COc1cnc2ccnc(N3CCC(NC(=O)OC(C)(C)C)CC3)c2n1. The first-order chi connectivity index (χ1) is 25.1. The van der Waals surface area contributed by atoms with Crippen molar-refractivity contribution in [2.75, 3.05) is 45.3 Å². The van der Waals surface area contributed by atoms with Crippen LogP contribution in [0.15, 0.2) is 36.9 Å². The van der Waals surface area contributed by atoms with Gasteiger partial charge < -0.3 is 39.8 Å². The minimum Gasteiger partial charge on any atom is -0.480 e. The predicted molar refractivity (Wildman–Crippen MR) is 203 cm³/mol. The van der Waals surface area contributed by atoms with Crippen molar-refractivity contribution in [3.05, 3.63) is 42.1 Å². The summed E-state index contributed by atoms with van der Waals surface area (Å²) in [7, 11) is 3.10. The van der Waals surface area contributed by atoms with Gasteiger partial charge in [-0.2, -0.15) is 0 Å². The van der Waals surface area contributed by atoms with Crippen LogP contribution in [0.1, 0.15) is 67.2 Å². The van der Waals surface area contributed by atoms with Gasteiger partial charge in [0.15, 0.2) is 11.0 Å². The number of nitrogens with zero attached hydrogens (tertiary/aromatic N) is 7. The fraction of sp³-hybridized carbons (Fsp3) is 0.556. The maximum Gasteiger partial charge on any atom is 0.407 e. The van der Waals surface area contributed by atoms with Crippen molar-refractivity contribution in [1.29, 1.82) is 0 Å². The van der Waals surface area contributed by atoms with Crippen LogP contribution in [0.25, 0.3) is 22.1 Å². The van der Waals surface area contributed by atoms with Crippen molar-refractivity contribution in [2.24, 2.45) is 0 Å². The zero-order valence-electron chi connectivity index (χ0n) is 31.7. The van der Waals surface area contributed by atoms with Crippen molar-refractivity contribution in [3.8, 4) is 11.8 Å². The van der Waals surface area contributed by atoms with Crippen LogP contribution < -0.4 is 30.3 Å². The number of hydrogen-bond acceptors (Lipinski definition) is 14. The van der Waals surface area contributed by atoms with Gasteiger partial charge in [-0.3, -0.25) is 0 Å². The van der Waals surface area contributed by atoms with Crippen molar-refractivity contribution < 1.29 is 28.5 Å². The summed E-state index contributed by atoms with van der Waals surface area (Å²) in [5.41, 5.74) is 1.88. The number of alkyl carbamates (subject to hydrolysis) is 2. The van der Waals surface area contributed by atoms with Crippen LogP contribution >= 0.6 is 11.6 Å². The lowest BCUT2D eigenvalue weighted by Gasteiger charge is -2.33. The van der Waals surface area contributed by atoms with E-state index in [9.17, 15) is 9.59 Å². The zero-order valence-corrected chi connectivity index (χ0v) is 32.5. The highest BCUT2D eigenvalue weighted by atomic mass is 35.5. The number of amides is 2. The number of anilines is 1. The number of nitrogens with one attached hydrogen (secondary N) is 3. The van der Waals surface area contributed by atoms with Crippen LogP contribution in [-0.4, -0.2) is 106 Å². The summed E-state index contributed by atoms with van der Waals surface area (Å²) < 4.78 is 20.6. The highest BCUT2D eigenvalue weighted by Crippen LogP contribution is 2.26. The zero-order chi connectivity index (χ0) is 38.6. The van der Waals surface area contributed by atoms with E-state index in [1.165, 1.54) is 7.11 Å². The van der Waals surface area contributed by atoms with Gasteiger partial charge >= 0.3 is 12.2 Å². The minimum atomic E-state index is -0.491. The van der Waals surface area contributed by atoms with Crippen LogP contribution in [0.5, 0.6) is 11.8 Å². The topological polar surface area (TPSA) is 188 Å². The molecule has 2 aliphatic heterocycles. The molecule has 2 saturated heterocycles. The summed E-state index contributed by atoms with van der Waals surface area (Å²) in [6.07, 6.45) is 9.40. The number of methoxy groups -OCH3 is 2. The van der Waals surface area contributed by atoms with Gasteiger partial charge in [0.05, 0.1) is 37.6 Å². The Morgan fingerprint density at radius 1 is 0.736 bits per heavy atom. The molecule has 16 nitrogen and oxygen atoms in total. The molecule has 53 heavy (non-hydrogen) atoms. The lowest BCUT2D eigenvalue weighted by Crippen LogP contribution is -2.46. The molecule has 17 heteroatoms. The Labute approximate surface area is 315 Å². The van der Waals surface area contributed by atoms with E-state index in [0.717, 1.165) is 68.7 Å². The highest BCUT2D eigenvalue weighted by Gasteiger charge is 2.26. The van der Waals surface area contributed by atoms with E-state index in [1.807, 2.05) is 47.6 Å². The Kier molecular flexibility index (Phi) is 14.5. The van der Waals surface area contributed by atoms with Crippen molar-refractivity contribution >= 4 is 51.7 Å². The number of fused-ring (bicyclic) bond motifs is 2. The predicted octanol–water partition coefficient (Wildman–Crippen LogP) is 5.48. The molecule has 4 aromatic heterocycles. The minimum absolute atomic E-state index is 0.0942. The fourth-order valence-corrected chi connectivity index (χ4v) is 5.57. The van der Waals surface area contributed by atoms with Gasteiger partial charge in [-0.15, -0.1) is 0 Å². The second-order valence-electron chi connectivity index (χ2n) is 14.4. The number of rotatable bonds is 5. The third-order valence-corrected chi connectivity index (χ3v) is 8.08. The van der Waals surface area contributed by atoms with Gasteiger partial charge in [0, 0.05) is 37.6 Å². The van der Waals surface area contributed by atoms with Crippen molar-refractivity contribution in [1.82, 2.24) is 45.9 Å². The molecule has 0 spiro atoms. The van der Waals surface area contributed by atoms with E-state index in [4.69, 9.17) is 30.5 Å². The molecule has 0 aromatic carbocycles. The molecule has 2 amide bonds. The molecule has 6 heterocycles. The van der Waals surface area contributed by atoms with Crippen molar-refractivity contribution in [2.45, 2.75) is 90.5 Å². The molecule has 6 rings (SSSR count). The van der Waals surface area contributed by atoms with Gasteiger partial charge in [-0.25, -0.2) is 39.5 Å². The molecule has 3 N–H and O–H groups in total. The molecule has 0 atom stereocenters. The first-order valence-electron chi connectivity index (χ1n) is 17.6. The lowest BCUT2D eigenvalue weighted by molar-refractivity contribution is 0.0484. The van der Waals surface area contributed by atoms with E-state index in [-0.39, 0.29) is 24.3 Å². The highest BCUT2D eigenvalue weighted by molar-refractivity contribution is 6.33. The maximum absolute atomic E-state index is 11.9. The van der Waals surface area contributed by atoms with Crippen LogP contribution in [0.4, 0.5) is 15.4 Å². The number of hydrogen-bond donors (Lipinski definition) is 3. The van der Waals surface area contributed by atoms with Gasteiger partial charge in [0.2, 0.25) is 11.8 Å². The number of piperidine rings is 2. The Hall–Kier alpha value is -4.83. The number of ether oxygens (including phenoxy) is 4. The van der Waals surface area contributed by atoms with Gasteiger partial charge in [-0.1, -0.05) is 11.6 Å². The molecule has 0 aliphatic carbocycles. The quantitative estimate of drug-likeness (QED) is 0.217.